The number of β-amino-alcohol motifs (C(OH)–C–C–N with tert-alkyl or cyclic N) is 1. The average Bonchev–Trinajstić information content (AvgIpc) is 2.74. The second-order valence-electron chi connectivity index (χ2n) is 6.60. The Hall–Kier alpha value is -1.26. The molecular weight excluding hydrogens is 290 g/mol. The molecule has 1 aliphatic rings. The van der Waals surface area contributed by atoms with E-state index in [9.17, 15) is 9.90 Å². The Morgan fingerprint density at radius 2 is 2.10 bits per heavy atom. The molecular formula is C16H22ClNO3. The molecule has 5 heteroatoms. The lowest BCUT2D eigenvalue weighted by Gasteiger charge is -2.27. The van der Waals surface area contributed by atoms with Crippen molar-refractivity contribution in [3.8, 4) is 0 Å². The summed E-state index contributed by atoms with van der Waals surface area (Å²) in [5, 5.41) is 11.5. The van der Waals surface area contributed by atoms with Crippen LogP contribution >= 0.6 is 11.6 Å². The van der Waals surface area contributed by atoms with Gasteiger partial charge in [0, 0.05) is 11.6 Å². The predicted octanol–water partition coefficient (Wildman–Crippen LogP) is 3.48. The van der Waals surface area contributed by atoms with E-state index in [2.05, 4.69) is 0 Å². The molecule has 116 valence electrons. The summed E-state index contributed by atoms with van der Waals surface area (Å²) in [6.45, 7) is 8.06. The number of aliphatic hydroxyl groups is 1. The summed E-state index contributed by atoms with van der Waals surface area (Å²) in [6.07, 6.45) is 0.0889. The molecule has 1 aromatic carbocycles. The van der Waals surface area contributed by atoms with Gasteiger partial charge in [-0.15, -0.1) is 0 Å². The van der Waals surface area contributed by atoms with E-state index in [4.69, 9.17) is 16.3 Å². The van der Waals surface area contributed by atoms with Gasteiger partial charge in [0.1, 0.15) is 11.2 Å². The number of hydrogen-bond donors (Lipinski definition) is 1. The van der Waals surface area contributed by atoms with Gasteiger partial charge in [-0.3, -0.25) is 0 Å². The van der Waals surface area contributed by atoms with E-state index in [1.54, 1.807) is 11.0 Å². The van der Waals surface area contributed by atoms with Gasteiger partial charge < -0.3 is 14.7 Å². The van der Waals surface area contributed by atoms with Crippen LogP contribution in [0.2, 0.25) is 5.02 Å². The molecule has 1 saturated heterocycles. The Morgan fingerprint density at radius 3 is 2.71 bits per heavy atom. The Labute approximate surface area is 130 Å². The topological polar surface area (TPSA) is 49.8 Å². The second-order valence-corrected chi connectivity index (χ2v) is 7.00. The molecule has 0 aromatic heterocycles. The number of benzene rings is 1. The van der Waals surface area contributed by atoms with Gasteiger partial charge >= 0.3 is 6.09 Å². The van der Waals surface area contributed by atoms with E-state index in [1.165, 1.54) is 0 Å². The Morgan fingerprint density at radius 1 is 1.43 bits per heavy atom. The van der Waals surface area contributed by atoms with E-state index in [-0.39, 0.29) is 6.54 Å². The van der Waals surface area contributed by atoms with Crippen LogP contribution in [0, 0.1) is 6.92 Å². The molecule has 0 bridgehead atoms. The van der Waals surface area contributed by atoms with Crippen molar-refractivity contribution in [2.45, 2.75) is 45.3 Å². The van der Waals surface area contributed by atoms with Gasteiger partial charge in [-0.25, -0.2) is 4.79 Å². The highest BCUT2D eigenvalue weighted by molar-refractivity contribution is 6.31. The fraction of sp³-hybridized carbons (Fsp3) is 0.562. The molecule has 0 spiro atoms. The van der Waals surface area contributed by atoms with Crippen LogP contribution in [-0.2, 0) is 10.3 Å². The van der Waals surface area contributed by atoms with Crippen LogP contribution < -0.4 is 0 Å². The predicted molar refractivity (Wildman–Crippen MR) is 82.5 cm³/mol. The summed E-state index contributed by atoms with van der Waals surface area (Å²) in [4.78, 5) is 13.6. The third kappa shape index (κ3) is 3.50. The number of rotatable bonds is 1. The lowest BCUT2D eigenvalue weighted by atomic mass is 9.89. The maximum Gasteiger partial charge on any atom is 0.410 e. The van der Waals surface area contributed by atoms with Crippen LogP contribution in [-0.4, -0.2) is 34.8 Å². The molecule has 1 heterocycles. The van der Waals surface area contributed by atoms with Gasteiger partial charge in [-0.05, 0) is 51.3 Å². The molecule has 2 rings (SSSR count). The number of hydrogen-bond acceptors (Lipinski definition) is 3. The first-order valence-corrected chi connectivity index (χ1v) is 7.46. The third-order valence-corrected chi connectivity index (χ3v) is 4.08. The molecule has 1 amide bonds. The van der Waals surface area contributed by atoms with Crippen LogP contribution in [0.1, 0.15) is 38.3 Å². The van der Waals surface area contributed by atoms with Crippen molar-refractivity contribution in [3.63, 3.8) is 0 Å². The van der Waals surface area contributed by atoms with Gasteiger partial charge in [-0.2, -0.15) is 0 Å². The van der Waals surface area contributed by atoms with Gasteiger partial charge in [-0.1, -0.05) is 23.7 Å². The minimum Gasteiger partial charge on any atom is -0.444 e. The molecule has 0 radical (unpaired) electrons. The van der Waals surface area contributed by atoms with E-state index < -0.39 is 17.3 Å². The molecule has 0 saturated carbocycles. The molecule has 1 fully saturated rings. The second kappa shape index (κ2) is 5.50. The Balaban J connectivity index is 2.17. The molecule has 1 unspecified atom stereocenters. The molecule has 21 heavy (non-hydrogen) atoms. The van der Waals surface area contributed by atoms with Gasteiger partial charge in [0.25, 0.3) is 0 Å². The first-order chi connectivity index (χ1) is 9.62. The standard InChI is InChI=1S/C16H22ClNO3/c1-11-12(6-5-7-13(11)17)16(20)8-9-18(10-16)14(19)21-15(2,3)4/h5-7,20H,8-10H2,1-4H3. The fourth-order valence-electron chi connectivity index (χ4n) is 2.61. The number of nitrogens with zero attached hydrogens (tertiary/aromatic N) is 1. The third-order valence-electron chi connectivity index (χ3n) is 3.67. The number of likely N-dealkylation sites (tertiary alicyclic amines) is 1. The highest BCUT2D eigenvalue weighted by Crippen LogP contribution is 2.36. The number of carbonyl (C=O) groups excluding carboxylic acids is 1. The fourth-order valence-corrected chi connectivity index (χ4v) is 2.78. The minimum absolute atomic E-state index is 0.225. The zero-order valence-electron chi connectivity index (χ0n) is 12.9. The number of ether oxygens (including phenoxy) is 1. The van der Waals surface area contributed by atoms with Crippen molar-refractivity contribution >= 4 is 17.7 Å². The minimum atomic E-state index is -1.06. The number of carbonyl (C=O) groups is 1. The van der Waals surface area contributed by atoms with Crippen molar-refractivity contribution in [3.05, 3.63) is 34.3 Å². The normalized spacial score (nSPS) is 22.5. The van der Waals surface area contributed by atoms with Crippen LogP contribution in [0.3, 0.4) is 0 Å². The molecule has 1 aromatic rings. The smallest absolute Gasteiger partial charge is 0.410 e. The van der Waals surface area contributed by atoms with Crippen molar-refractivity contribution in [2.75, 3.05) is 13.1 Å². The molecule has 4 nitrogen and oxygen atoms in total. The zero-order chi connectivity index (χ0) is 15.8. The van der Waals surface area contributed by atoms with Crippen LogP contribution in [0.15, 0.2) is 18.2 Å². The number of amides is 1. The van der Waals surface area contributed by atoms with Gasteiger partial charge in [0.05, 0.1) is 6.54 Å². The molecule has 1 atom stereocenters. The summed E-state index contributed by atoms with van der Waals surface area (Å²) in [5.41, 5.74) is 0.0316. The van der Waals surface area contributed by atoms with Gasteiger partial charge in [0.2, 0.25) is 0 Å². The lowest BCUT2D eigenvalue weighted by molar-refractivity contribution is 0.0138. The van der Waals surface area contributed by atoms with Gasteiger partial charge in [0.15, 0.2) is 0 Å². The molecule has 1 aliphatic heterocycles. The largest absolute Gasteiger partial charge is 0.444 e. The first kappa shape index (κ1) is 16.1. The zero-order valence-corrected chi connectivity index (χ0v) is 13.7. The van der Waals surface area contributed by atoms with Crippen LogP contribution in [0.5, 0.6) is 0 Å². The van der Waals surface area contributed by atoms with Crippen molar-refractivity contribution in [2.24, 2.45) is 0 Å². The number of halogens is 1. The maximum absolute atomic E-state index is 12.1. The van der Waals surface area contributed by atoms with E-state index in [1.807, 2.05) is 39.8 Å². The van der Waals surface area contributed by atoms with Crippen molar-refractivity contribution in [1.29, 1.82) is 0 Å². The summed E-state index contributed by atoms with van der Waals surface area (Å²) in [6, 6.07) is 5.48. The van der Waals surface area contributed by atoms with Crippen LogP contribution in [0.25, 0.3) is 0 Å². The summed E-state index contributed by atoms with van der Waals surface area (Å²) < 4.78 is 5.35. The lowest BCUT2D eigenvalue weighted by Crippen LogP contribution is -2.38. The quantitative estimate of drug-likeness (QED) is 0.864. The monoisotopic (exact) mass is 311 g/mol. The SMILES string of the molecule is Cc1c(Cl)cccc1C1(O)CCN(C(=O)OC(C)(C)C)C1. The Bertz CT molecular complexity index is 553. The van der Waals surface area contributed by atoms with Crippen molar-refractivity contribution in [1.82, 2.24) is 4.90 Å². The highest BCUT2D eigenvalue weighted by Gasteiger charge is 2.41. The Kier molecular flexibility index (Phi) is 4.22. The van der Waals surface area contributed by atoms with E-state index in [0.29, 0.717) is 18.0 Å². The maximum atomic E-state index is 12.1. The van der Waals surface area contributed by atoms with E-state index in [0.717, 1.165) is 11.1 Å². The molecule has 1 N–H and O–H groups in total. The van der Waals surface area contributed by atoms with Crippen molar-refractivity contribution < 1.29 is 14.6 Å². The van der Waals surface area contributed by atoms with Crippen LogP contribution in [0.4, 0.5) is 4.79 Å². The average molecular weight is 312 g/mol. The highest BCUT2D eigenvalue weighted by atomic mass is 35.5. The molecule has 0 aliphatic carbocycles. The summed E-state index contributed by atoms with van der Waals surface area (Å²) in [5.74, 6) is 0. The first-order valence-electron chi connectivity index (χ1n) is 7.08. The van der Waals surface area contributed by atoms with E-state index >= 15 is 0 Å². The summed E-state index contributed by atoms with van der Waals surface area (Å²) >= 11 is 6.12. The summed E-state index contributed by atoms with van der Waals surface area (Å²) in [7, 11) is 0.